The number of anilines is 2. The summed E-state index contributed by atoms with van der Waals surface area (Å²) in [5, 5.41) is 3.48. The fourth-order valence-corrected chi connectivity index (χ4v) is 2.58. The van der Waals surface area contributed by atoms with E-state index in [0.29, 0.717) is 0 Å². The van der Waals surface area contributed by atoms with Gasteiger partial charge in [-0.15, -0.1) is 0 Å². The van der Waals surface area contributed by atoms with Gasteiger partial charge in [-0.2, -0.15) is 0 Å². The van der Waals surface area contributed by atoms with E-state index in [1.165, 1.54) is 11.3 Å². The Balaban J connectivity index is 1.89. The lowest BCUT2D eigenvalue weighted by atomic mass is 10.2. The fourth-order valence-electron chi connectivity index (χ4n) is 2.58. The zero-order valence-corrected chi connectivity index (χ0v) is 15.4. The maximum absolute atomic E-state index is 5.81. The van der Waals surface area contributed by atoms with Gasteiger partial charge in [0.25, 0.3) is 0 Å². The zero-order chi connectivity index (χ0) is 17.4. The van der Waals surface area contributed by atoms with Gasteiger partial charge in [0.15, 0.2) is 0 Å². The minimum atomic E-state index is 0.262. The molecule has 0 saturated carbocycles. The molecule has 0 aromatic heterocycles. The van der Waals surface area contributed by atoms with Gasteiger partial charge < -0.3 is 15.0 Å². The molecule has 3 nitrogen and oxygen atoms in total. The molecule has 130 valence electrons. The lowest BCUT2D eigenvalue weighted by Gasteiger charge is -2.21. The third-order valence-electron chi connectivity index (χ3n) is 4.33. The molecular formula is C21H30N2O. The van der Waals surface area contributed by atoms with Crippen molar-refractivity contribution in [2.45, 2.75) is 46.8 Å². The maximum Gasteiger partial charge on any atom is 0.119 e. The molecular weight excluding hydrogens is 296 g/mol. The summed E-state index contributed by atoms with van der Waals surface area (Å²) >= 11 is 0. The van der Waals surface area contributed by atoms with Crippen LogP contribution < -0.4 is 15.0 Å². The molecule has 0 fully saturated rings. The maximum atomic E-state index is 5.81. The highest BCUT2D eigenvalue weighted by Gasteiger charge is 2.03. The monoisotopic (exact) mass is 326 g/mol. The molecule has 2 aromatic rings. The minimum absolute atomic E-state index is 0.262. The molecule has 24 heavy (non-hydrogen) atoms. The summed E-state index contributed by atoms with van der Waals surface area (Å²) in [4.78, 5) is 2.35. The molecule has 3 heteroatoms. The number of benzene rings is 2. The highest BCUT2D eigenvalue weighted by Crippen LogP contribution is 2.19. The molecule has 2 rings (SSSR count). The van der Waals surface area contributed by atoms with Crippen LogP contribution in [0.5, 0.6) is 5.75 Å². The summed E-state index contributed by atoms with van der Waals surface area (Å²) in [5.41, 5.74) is 3.67. The molecule has 0 spiro atoms. The average Bonchev–Trinajstić information content (AvgIpc) is 2.63. The standard InChI is InChI=1S/C21H30N2O/c1-5-17(4)24-21-14-8-18(9-15-21)16-22-19-10-12-20(13-11-19)23(6-2)7-3/h8-15,17,22H,5-7,16H2,1-4H3. The Morgan fingerprint density at radius 3 is 2.08 bits per heavy atom. The third-order valence-corrected chi connectivity index (χ3v) is 4.33. The first kappa shape index (κ1) is 18.2. The Kier molecular flexibility index (Phi) is 6.98. The van der Waals surface area contributed by atoms with Crippen molar-refractivity contribution >= 4 is 11.4 Å². The Hall–Kier alpha value is -2.16. The first-order chi connectivity index (χ1) is 11.7. The molecule has 0 aliphatic rings. The van der Waals surface area contributed by atoms with Gasteiger partial charge in [0.05, 0.1) is 6.10 Å². The van der Waals surface area contributed by atoms with Crippen LogP contribution in [0, 0.1) is 0 Å². The van der Waals surface area contributed by atoms with Gasteiger partial charge in [0.2, 0.25) is 0 Å². The molecule has 0 saturated heterocycles. The topological polar surface area (TPSA) is 24.5 Å². The van der Waals surface area contributed by atoms with Crippen LogP contribution >= 0.6 is 0 Å². The van der Waals surface area contributed by atoms with E-state index in [4.69, 9.17) is 4.74 Å². The van der Waals surface area contributed by atoms with Crippen LogP contribution in [0.1, 0.15) is 39.7 Å². The molecule has 0 radical (unpaired) electrons. The Labute approximate surface area is 146 Å². The highest BCUT2D eigenvalue weighted by atomic mass is 16.5. The van der Waals surface area contributed by atoms with Crippen molar-refractivity contribution < 1.29 is 4.74 Å². The average molecular weight is 326 g/mol. The Morgan fingerprint density at radius 2 is 1.54 bits per heavy atom. The highest BCUT2D eigenvalue weighted by molar-refractivity contribution is 5.55. The number of hydrogen-bond acceptors (Lipinski definition) is 3. The van der Waals surface area contributed by atoms with Crippen molar-refractivity contribution in [3.63, 3.8) is 0 Å². The third kappa shape index (κ3) is 5.19. The van der Waals surface area contributed by atoms with Crippen molar-refractivity contribution in [2.24, 2.45) is 0 Å². The number of nitrogens with one attached hydrogen (secondary N) is 1. The van der Waals surface area contributed by atoms with Crippen LogP contribution in [0.2, 0.25) is 0 Å². The summed E-state index contributed by atoms with van der Waals surface area (Å²) in [6, 6.07) is 17.0. The zero-order valence-electron chi connectivity index (χ0n) is 15.4. The normalized spacial score (nSPS) is 11.8. The van der Waals surface area contributed by atoms with Crippen molar-refractivity contribution in [3.05, 3.63) is 54.1 Å². The first-order valence-electron chi connectivity index (χ1n) is 9.00. The van der Waals surface area contributed by atoms with E-state index >= 15 is 0 Å². The van der Waals surface area contributed by atoms with Crippen molar-refractivity contribution in [1.82, 2.24) is 0 Å². The lowest BCUT2D eigenvalue weighted by molar-refractivity contribution is 0.217. The van der Waals surface area contributed by atoms with Crippen LogP contribution in [0.15, 0.2) is 48.5 Å². The molecule has 0 bridgehead atoms. The van der Waals surface area contributed by atoms with Crippen LogP contribution in [0.3, 0.4) is 0 Å². The van der Waals surface area contributed by atoms with Crippen molar-refractivity contribution in [3.8, 4) is 5.75 Å². The van der Waals surface area contributed by atoms with Gasteiger partial charge >= 0.3 is 0 Å². The molecule has 0 amide bonds. The molecule has 1 N–H and O–H groups in total. The molecule has 1 atom stereocenters. The summed E-state index contributed by atoms with van der Waals surface area (Å²) < 4.78 is 5.81. The smallest absolute Gasteiger partial charge is 0.119 e. The van der Waals surface area contributed by atoms with E-state index in [1.807, 2.05) is 12.1 Å². The van der Waals surface area contributed by atoms with Gasteiger partial charge in [-0.3, -0.25) is 0 Å². The summed E-state index contributed by atoms with van der Waals surface area (Å²) in [6.45, 7) is 11.5. The van der Waals surface area contributed by atoms with E-state index in [-0.39, 0.29) is 6.10 Å². The van der Waals surface area contributed by atoms with E-state index in [9.17, 15) is 0 Å². The van der Waals surface area contributed by atoms with Gasteiger partial charge in [-0.25, -0.2) is 0 Å². The molecule has 2 aromatic carbocycles. The van der Waals surface area contributed by atoms with Crippen molar-refractivity contribution in [2.75, 3.05) is 23.3 Å². The van der Waals surface area contributed by atoms with Gasteiger partial charge in [-0.05, 0) is 69.2 Å². The van der Waals surface area contributed by atoms with Gasteiger partial charge in [-0.1, -0.05) is 19.1 Å². The van der Waals surface area contributed by atoms with Crippen LogP contribution in [-0.4, -0.2) is 19.2 Å². The second kappa shape index (κ2) is 9.21. The molecule has 0 aliphatic carbocycles. The summed E-state index contributed by atoms with van der Waals surface area (Å²) in [5.74, 6) is 0.941. The first-order valence-corrected chi connectivity index (χ1v) is 9.00. The number of ether oxygens (including phenoxy) is 1. The van der Waals surface area contributed by atoms with Crippen LogP contribution in [-0.2, 0) is 6.54 Å². The largest absolute Gasteiger partial charge is 0.491 e. The predicted octanol–water partition coefficient (Wildman–Crippen LogP) is 5.32. The fraction of sp³-hybridized carbons (Fsp3) is 0.429. The predicted molar refractivity (Wildman–Crippen MR) is 104 cm³/mol. The lowest BCUT2D eigenvalue weighted by Crippen LogP contribution is -2.21. The Morgan fingerprint density at radius 1 is 0.917 bits per heavy atom. The van der Waals surface area contributed by atoms with Crippen LogP contribution in [0.4, 0.5) is 11.4 Å². The summed E-state index contributed by atoms with van der Waals surface area (Å²) in [6.07, 6.45) is 1.28. The second-order valence-electron chi connectivity index (χ2n) is 6.05. The van der Waals surface area contributed by atoms with E-state index in [0.717, 1.165) is 37.5 Å². The molecule has 0 aliphatic heterocycles. The second-order valence-corrected chi connectivity index (χ2v) is 6.05. The molecule has 0 heterocycles. The van der Waals surface area contributed by atoms with E-state index in [1.54, 1.807) is 0 Å². The van der Waals surface area contributed by atoms with Crippen LogP contribution in [0.25, 0.3) is 0 Å². The number of hydrogen-bond donors (Lipinski definition) is 1. The summed E-state index contributed by atoms with van der Waals surface area (Å²) in [7, 11) is 0. The SMILES string of the molecule is CCC(C)Oc1ccc(CNc2ccc(N(CC)CC)cc2)cc1. The number of nitrogens with zero attached hydrogens (tertiary/aromatic N) is 1. The van der Waals surface area contributed by atoms with E-state index < -0.39 is 0 Å². The van der Waals surface area contributed by atoms with E-state index in [2.05, 4.69) is 74.3 Å². The number of rotatable bonds is 9. The van der Waals surface area contributed by atoms with Gasteiger partial charge in [0, 0.05) is 31.0 Å². The molecule has 1 unspecified atom stereocenters. The minimum Gasteiger partial charge on any atom is -0.491 e. The van der Waals surface area contributed by atoms with Gasteiger partial charge in [0.1, 0.15) is 5.75 Å². The Bertz CT molecular complexity index is 588. The van der Waals surface area contributed by atoms with Crippen molar-refractivity contribution in [1.29, 1.82) is 0 Å². The quantitative estimate of drug-likeness (QED) is 0.675.